The van der Waals surface area contributed by atoms with Gasteiger partial charge < -0.3 is 9.84 Å². The van der Waals surface area contributed by atoms with Crippen molar-refractivity contribution in [2.75, 3.05) is 7.11 Å². The first kappa shape index (κ1) is 14.5. The Morgan fingerprint density at radius 3 is 2.89 bits per heavy atom. The van der Waals surface area contributed by atoms with Crippen molar-refractivity contribution in [3.8, 4) is 0 Å². The van der Waals surface area contributed by atoms with Crippen molar-refractivity contribution < 1.29 is 9.84 Å². The predicted octanol–water partition coefficient (Wildman–Crippen LogP) is 3.66. The van der Waals surface area contributed by atoms with E-state index in [-0.39, 0.29) is 6.10 Å². The highest BCUT2D eigenvalue weighted by molar-refractivity contribution is 5.29. The predicted molar refractivity (Wildman–Crippen MR) is 78.1 cm³/mol. The fourth-order valence-electron chi connectivity index (χ4n) is 3.13. The van der Waals surface area contributed by atoms with Gasteiger partial charge >= 0.3 is 0 Å². The SMILES string of the molecule is COC1CCCC(O)(c2cccc(CC(C)C)c2)C1. The van der Waals surface area contributed by atoms with E-state index < -0.39 is 5.60 Å². The summed E-state index contributed by atoms with van der Waals surface area (Å²) in [5.74, 6) is 0.642. The van der Waals surface area contributed by atoms with Crippen LogP contribution in [0.4, 0.5) is 0 Å². The third-order valence-corrected chi connectivity index (χ3v) is 4.12. The maximum atomic E-state index is 10.9. The average Bonchev–Trinajstić information content (AvgIpc) is 2.38. The summed E-state index contributed by atoms with van der Waals surface area (Å²) >= 11 is 0. The van der Waals surface area contributed by atoms with Gasteiger partial charge in [0.15, 0.2) is 0 Å². The molecule has 0 saturated heterocycles. The molecule has 0 aliphatic heterocycles. The van der Waals surface area contributed by atoms with Crippen molar-refractivity contribution in [1.82, 2.24) is 0 Å². The van der Waals surface area contributed by atoms with E-state index in [0.29, 0.717) is 12.3 Å². The number of hydrogen-bond acceptors (Lipinski definition) is 2. The molecule has 0 spiro atoms. The van der Waals surface area contributed by atoms with Gasteiger partial charge in [0, 0.05) is 13.5 Å². The second kappa shape index (κ2) is 6.06. The first-order chi connectivity index (χ1) is 9.03. The van der Waals surface area contributed by atoms with Gasteiger partial charge in [0.1, 0.15) is 0 Å². The summed E-state index contributed by atoms with van der Waals surface area (Å²) in [4.78, 5) is 0. The van der Waals surface area contributed by atoms with Crippen LogP contribution in [0.25, 0.3) is 0 Å². The zero-order valence-electron chi connectivity index (χ0n) is 12.4. The molecule has 2 nitrogen and oxygen atoms in total. The van der Waals surface area contributed by atoms with Crippen LogP contribution in [0.5, 0.6) is 0 Å². The van der Waals surface area contributed by atoms with Crippen LogP contribution in [0.3, 0.4) is 0 Å². The molecule has 1 saturated carbocycles. The fraction of sp³-hybridized carbons (Fsp3) is 0.647. The molecule has 106 valence electrons. The third kappa shape index (κ3) is 3.58. The van der Waals surface area contributed by atoms with Crippen molar-refractivity contribution in [2.45, 2.75) is 57.7 Å². The average molecular weight is 262 g/mol. The van der Waals surface area contributed by atoms with E-state index in [1.54, 1.807) is 7.11 Å². The Kier molecular flexibility index (Phi) is 4.64. The highest BCUT2D eigenvalue weighted by atomic mass is 16.5. The van der Waals surface area contributed by atoms with Crippen LogP contribution in [0, 0.1) is 5.92 Å². The number of aliphatic hydroxyl groups is 1. The summed E-state index contributed by atoms with van der Waals surface area (Å²) in [7, 11) is 1.74. The highest BCUT2D eigenvalue weighted by Crippen LogP contribution is 2.38. The molecule has 2 unspecified atom stereocenters. The Morgan fingerprint density at radius 2 is 2.21 bits per heavy atom. The molecule has 1 aromatic rings. The van der Waals surface area contributed by atoms with E-state index in [4.69, 9.17) is 4.74 Å². The van der Waals surface area contributed by atoms with Gasteiger partial charge in [-0.3, -0.25) is 0 Å². The minimum absolute atomic E-state index is 0.188. The molecule has 2 rings (SSSR count). The summed E-state index contributed by atoms with van der Waals surface area (Å²) in [6.07, 6.45) is 4.91. The molecule has 0 heterocycles. The van der Waals surface area contributed by atoms with Gasteiger partial charge in [-0.1, -0.05) is 38.1 Å². The van der Waals surface area contributed by atoms with Crippen molar-refractivity contribution in [2.24, 2.45) is 5.92 Å². The summed E-state index contributed by atoms with van der Waals surface area (Å²) in [6, 6.07) is 8.46. The number of rotatable bonds is 4. The zero-order chi connectivity index (χ0) is 13.9. The number of methoxy groups -OCH3 is 1. The first-order valence-electron chi connectivity index (χ1n) is 7.38. The van der Waals surface area contributed by atoms with Crippen LogP contribution in [0.1, 0.15) is 50.7 Å². The van der Waals surface area contributed by atoms with Gasteiger partial charge in [0.25, 0.3) is 0 Å². The van der Waals surface area contributed by atoms with E-state index >= 15 is 0 Å². The molecule has 1 aromatic carbocycles. The standard InChI is InChI=1S/C17H26O2/c1-13(2)10-14-6-4-7-15(11-14)17(18)9-5-8-16(12-17)19-3/h4,6-7,11,13,16,18H,5,8-10,12H2,1-3H3. The Hall–Kier alpha value is -0.860. The fourth-order valence-corrected chi connectivity index (χ4v) is 3.13. The summed E-state index contributed by atoms with van der Waals surface area (Å²) in [6.45, 7) is 4.45. The normalized spacial score (nSPS) is 27.7. The quantitative estimate of drug-likeness (QED) is 0.897. The van der Waals surface area contributed by atoms with Crippen molar-refractivity contribution in [3.63, 3.8) is 0 Å². The van der Waals surface area contributed by atoms with Gasteiger partial charge in [0.05, 0.1) is 11.7 Å². The molecule has 0 amide bonds. The lowest BCUT2D eigenvalue weighted by Crippen LogP contribution is -2.36. The molecule has 2 heteroatoms. The maximum Gasteiger partial charge on any atom is 0.0921 e. The molecule has 1 fully saturated rings. The lowest BCUT2D eigenvalue weighted by Gasteiger charge is -2.36. The van der Waals surface area contributed by atoms with Crippen LogP contribution < -0.4 is 0 Å². The minimum atomic E-state index is -0.702. The van der Waals surface area contributed by atoms with Crippen LogP contribution >= 0.6 is 0 Å². The number of ether oxygens (including phenoxy) is 1. The van der Waals surface area contributed by atoms with E-state index in [0.717, 1.165) is 31.2 Å². The van der Waals surface area contributed by atoms with E-state index in [9.17, 15) is 5.11 Å². The highest BCUT2D eigenvalue weighted by Gasteiger charge is 2.36. The molecule has 1 aliphatic carbocycles. The smallest absolute Gasteiger partial charge is 0.0921 e. The second-order valence-corrected chi connectivity index (χ2v) is 6.28. The molecule has 0 radical (unpaired) electrons. The molecule has 0 aromatic heterocycles. The molecular weight excluding hydrogens is 236 g/mol. The third-order valence-electron chi connectivity index (χ3n) is 4.12. The van der Waals surface area contributed by atoms with Crippen LogP contribution in [0.15, 0.2) is 24.3 Å². The van der Waals surface area contributed by atoms with E-state index in [2.05, 4.69) is 38.1 Å². The van der Waals surface area contributed by atoms with Crippen molar-refractivity contribution in [3.05, 3.63) is 35.4 Å². The molecule has 1 aliphatic rings. The number of benzene rings is 1. The van der Waals surface area contributed by atoms with E-state index in [1.807, 2.05) is 0 Å². The van der Waals surface area contributed by atoms with Crippen LogP contribution in [-0.2, 0) is 16.8 Å². The van der Waals surface area contributed by atoms with Crippen molar-refractivity contribution >= 4 is 0 Å². The second-order valence-electron chi connectivity index (χ2n) is 6.28. The largest absolute Gasteiger partial charge is 0.385 e. The van der Waals surface area contributed by atoms with Gasteiger partial charge in [-0.25, -0.2) is 0 Å². The van der Waals surface area contributed by atoms with Crippen LogP contribution in [-0.4, -0.2) is 18.3 Å². The first-order valence-corrected chi connectivity index (χ1v) is 7.38. The van der Waals surface area contributed by atoms with Gasteiger partial charge in [-0.05, 0) is 42.7 Å². The summed E-state index contributed by atoms with van der Waals surface area (Å²) in [5.41, 5.74) is 1.68. The Bertz CT molecular complexity index is 413. The summed E-state index contributed by atoms with van der Waals surface area (Å²) in [5, 5.41) is 10.9. The van der Waals surface area contributed by atoms with Gasteiger partial charge in [-0.2, -0.15) is 0 Å². The van der Waals surface area contributed by atoms with E-state index in [1.165, 1.54) is 5.56 Å². The van der Waals surface area contributed by atoms with Gasteiger partial charge in [0.2, 0.25) is 0 Å². The topological polar surface area (TPSA) is 29.5 Å². The zero-order valence-corrected chi connectivity index (χ0v) is 12.4. The molecular formula is C17H26O2. The lowest BCUT2D eigenvalue weighted by atomic mass is 9.77. The Labute approximate surface area is 116 Å². The van der Waals surface area contributed by atoms with Crippen LogP contribution in [0.2, 0.25) is 0 Å². The Morgan fingerprint density at radius 1 is 1.42 bits per heavy atom. The molecule has 0 bridgehead atoms. The number of hydrogen-bond donors (Lipinski definition) is 1. The lowest BCUT2D eigenvalue weighted by molar-refractivity contribution is -0.0632. The molecule has 1 N–H and O–H groups in total. The van der Waals surface area contributed by atoms with Gasteiger partial charge in [-0.15, -0.1) is 0 Å². The molecule has 19 heavy (non-hydrogen) atoms. The molecule has 2 atom stereocenters. The Balaban J connectivity index is 2.19. The van der Waals surface area contributed by atoms with Crippen molar-refractivity contribution in [1.29, 1.82) is 0 Å². The summed E-state index contributed by atoms with van der Waals surface area (Å²) < 4.78 is 5.44. The minimum Gasteiger partial charge on any atom is -0.385 e. The maximum absolute atomic E-state index is 10.9. The monoisotopic (exact) mass is 262 g/mol.